The number of ether oxygens (including phenoxy) is 1. The van der Waals surface area contributed by atoms with Gasteiger partial charge < -0.3 is 14.9 Å². The smallest absolute Gasteiger partial charge is 0.339 e. The first-order valence-corrected chi connectivity index (χ1v) is 7.86. The molecule has 0 aromatic heterocycles. The van der Waals surface area contributed by atoms with E-state index in [-0.39, 0.29) is 11.3 Å². The summed E-state index contributed by atoms with van der Waals surface area (Å²) in [4.78, 5) is 13.5. The first kappa shape index (κ1) is 16.8. The van der Waals surface area contributed by atoms with Gasteiger partial charge in [0.1, 0.15) is 11.3 Å². The van der Waals surface area contributed by atoms with Crippen LogP contribution in [0.5, 0.6) is 5.75 Å². The minimum Gasteiger partial charge on any atom is -0.507 e. The average molecular weight is 307 g/mol. The number of carbonyl (C=O) groups is 1. The molecule has 122 valence electrons. The van der Waals surface area contributed by atoms with E-state index < -0.39 is 5.97 Å². The lowest BCUT2D eigenvalue weighted by Crippen LogP contribution is -2.35. The molecule has 2 N–H and O–H groups in total. The average Bonchev–Trinajstić information content (AvgIpc) is 2.50. The van der Waals surface area contributed by atoms with Gasteiger partial charge in [0.25, 0.3) is 0 Å². The van der Waals surface area contributed by atoms with Gasteiger partial charge in [-0.1, -0.05) is 6.07 Å². The summed E-state index contributed by atoms with van der Waals surface area (Å²) in [7, 11) is 1.73. The van der Waals surface area contributed by atoms with Gasteiger partial charge in [-0.05, 0) is 55.8 Å². The molecule has 0 saturated carbocycles. The molecule has 0 spiro atoms. The van der Waals surface area contributed by atoms with Gasteiger partial charge in [-0.15, -0.1) is 0 Å². The van der Waals surface area contributed by atoms with E-state index in [4.69, 9.17) is 9.84 Å². The zero-order chi connectivity index (χ0) is 15.9. The molecule has 0 radical (unpaired) electrons. The van der Waals surface area contributed by atoms with Crippen molar-refractivity contribution in [1.82, 2.24) is 4.90 Å². The number of hydrogen-bond acceptors (Lipinski definition) is 4. The van der Waals surface area contributed by atoms with Crippen molar-refractivity contribution in [3.63, 3.8) is 0 Å². The number of methoxy groups -OCH3 is 1. The molecule has 1 aliphatic rings. The van der Waals surface area contributed by atoms with Gasteiger partial charge in [0, 0.05) is 26.8 Å². The van der Waals surface area contributed by atoms with Crippen molar-refractivity contribution in [3.05, 3.63) is 29.3 Å². The molecule has 5 heteroatoms. The number of carboxylic acids is 1. The van der Waals surface area contributed by atoms with Crippen LogP contribution < -0.4 is 0 Å². The van der Waals surface area contributed by atoms with Crippen molar-refractivity contribution in [1.29, 1.82) is 0 Å². The molecule has 0 aliphatic carbocycles. The van der Waals surface area contributed by atoms with Gasteiger partial charge in [-0.3, -0.25) is 4.90 Å². The van der Waals surface area contributed by atoms with Crippen molar-refractivity contribution < 1.29 is 19.7 Å². The fraction of sp³-hybridized carbons (Fsp3) is 0.588. The lowest BCUT2D eigenvalue weighted by Gasteiger charge is -2.32. The molecule has 1 fully saturated rings. The van der Waals surface area contributed by atoms with E-state index in [1.807, 2.05) is 0 Å². The normalized spacial score (nSPS) is 19.2. The number of carboxylic acid groups (broad SMARTS) is 1. The monoisotopic (exact) mass is 307 g/mol. The van der Waals surface area contributed by atoms with Crippen LogP contribution in [0.3, 0.4) is 0 Å². The van der Waals surface area contributed by atoms with E-state index in [1.165, 1.54) is 25.3 Å². The Morgan fingerprint density at radius 3 is 3.00 bits per heavy atom. The van der Waals surface area contributed by atoms with E-state index >= 15 is 0 Å². The molecule has 1 atom stereocenters. The predicted molar refractivity (Wildman–Crippen MR) is 84.2 cm³/mol. The number of aromatic hydroxyl groups is 1. The highest BCUT2D eigenvalue weighted by atomic mass is 16.5. The molecular formula is C17H25NO4. The summed E-state index contributed by atoms with van der Waals surface area (Å²) in [6.45, 7) is 3.65. The van der Waals surface area contributed by atoms with Crippen LogP contribution in [-0.2, 0) is 11.3 Å². The Morgan fingerprint density at radius 1 is 1.45 bits per heavy atom. The Labute approximate surface area is 131 Å². The van der Waals surface area contributed by atoms with Crippen LogP contribution >= 0.6 is 0 Å². The predicted octanol–water partition coefficient (Wildman–Crippen LogP) is 2.73. The fourth-order valence-electron chi connectivity index (χ4n) is 3.16. The highest BCUT2D eigenvalue weighted by Gasteiger charge is 2.20. The van der Waals surface area contributed by atoms with E-state index in [1.54, 1.807) is 19.2 Å². The van der Waals surface area contributed by atoms with Crippen molar-refractivity contribution >= 4 is 5.97 Å². The summed E-state index contributed by atoms with van der Waals surface area (Å²) in [5.74, 6) is -0.567. The zero-order valence-corrected chi connectivity index (χ0v) is 13.1. The highest BCUT2D eigenvalue weighted by Crippen LogP contribution is 2.24. The van der Waals surface area contributed by atoms with Gasteiger partial charge in [0.15, 0.2) is 0 Å². The van der Waals surface area contributed by atoms with Gasteiger partial charge in [-0.25, -0.2) is 4.79 Å². The number of phenols is 1. The molecule has 1 aliphatic heterocycles. The number of aromatic carboxylic acids is 1. The van der Waals surface area contributed by atoms with Crippen LogP contribution in [0, 0.1) is 5.92 Å². The second-order valence-corrected chi connectivity index (χ2v) is 6.04. The van der Waals surface area contributed by atoms with Gasteiger partial charge in [0.2, 0.25) is 0 Å². The van der Waals surface area contributed by atoms with Crippen molar-refractivity contribution in [2.75, 3.05) is 26.8 Å². The number of nitrogens with zero attached hydrogens (tertiary/aromatic N) is 1. The highest BCUT2D eigenvalue weighted by molar-refractivity contribution is 5.90. The molecule has 1 aromatic rings. The van der Waals surface area contributed by atoms with E-state index in [0.29, 0.717) is 5.92 Å². The Bertz CT molecular complexity index is 503. The molecule has 1 aromatic carbocycles. The topological polar surface area (TPSA) is 70.0 Å². The Kier molecular flexibility index (Phi) is 6.21. The quantitative estimate of drug-likeness (QED) is 0.758. The number of rotatable bonds is 7. The standard InChI is InChI=1S/C17H25NO4/c1-22-9-3-5-13-4-2-8-18(11-13)12-14-6-7-16(19)15(10-14)17(20)21/h6-7,10,13,19H,2-5,8-9,11-12H2,1H3,(H,20,21)/t13-/m0/s1. The Morgan fingerprint density at radius 2 is 2.27 bits per heavy atom. The summed E-state index contributed by atoms with van der Waals surface area (Å²) >= 11 is 0. The molecular weight excluding hydrogens is 282 g/mol. The summed E-state index contributed by atoms with van der Waals surface area (Å²) in [6.07, 6.45) is 4.72. The second kappa shape index (κ2) is 8.15. The molecule has 22 heavy (non-hydrogen) atoms. The second-order valence-electron chi connectivity index (χ2n) is 6.04. The summed E-state index contributed by atoms with van der Waals surface area (Å²) in [6, 6.07) is 4.85. The minimum atomic E-state index is -1.09. The third kappa shape index (κ3) is 4.71. The van der Waals surface area contributed by atoms with E-state index in [9.17, 15) is 9.90 Å². The first-order chi connectivity index (χ1) is 10.6. The lowest BCUT2D eigenvalue weighted by atomic mass is 9.93. The Hall–Kier alpha value is -1.59. The lowest BCUT2D eigenvalue weighted by molar-refractivity contribution is 0.0693. The Balaban J connectivity index is 1.92. The first-order valence-electron chi connectivity index (χ1n) is 7.86. The van der Waals surface area contributed by atoms with Crippen LogP contribution in [0.2, 0.25) is 0 Å². The van der Waals surface area contributed by atoms with Gasteiger partial charge in [-0.2, -0.15) is 0 Å². The van der Waals surface area contributed by atoms with Crippen molar-refractivity contribution in [2.24, 2.45) is 5.92 Å². The van der Waals surface area contributed by atoms with Crippen LogP contribution in [0.1, 0.15) is 41.6 Å². The maximum absolute atomic E-state index is 11.1. The van der Waals surface area contributed by atoms with Crippen LogP contribution in [0.15, 0.2) is 18.2 Å². The number of piperidine rings is 1. The van der Waals surface area contributed by atoms with Crippen molar-refractivity contribution in [2.45, 2.75) is 32.2 Å². The zero-order valence-electron chi connectivity index (χ0n) is 13.1. The molecule has 5 nitrogen and oxygen atoms in total. The SMILES string of the molecule is COCCC[C@@H]1CCCN(Cc2ccc(O)c(C(=O)O)c2)C1. The summed E-state index contributed by atoms with van der Waals surface area (Å²) in [5, 5.41) is 18.6. The van der Waals surface area contributed by atoms with Gasteiger partial charge in [0.05, 0.1) is 0 Å². The molecule has 1 saturated heterocycles. The largest absolute Gasteiger partial charge is 0.507 e. The fourth-order valence-corrected chi connectivity index (χ4v) is 3.16. The summed E-state index contributed by atoms with van der Waals surface area (Å²) < 4.78 is 5.11. The number of hydrogen-bond donors (Lipinski definition) is 2. The maximum Gasteiger partial charge on any atom is 0.339 e. The molecule has 0 amide bonds. The molecule has 2 rings (SSSR count). The van der Waals surface area contributed by atoms with Crippen LogP contribution in [0.25, 0.3) is 0 Å². The number of likely N-dealkylation sites (tertiary alicyclic amines) is 1. The van der Waals surface area contributed by atoms with Crippen LogP contribution in [-0.4, -0.2) is 47.9 Å². The third-order valence-corrected chi connectivity index (χ3v) is 4.26. The summed E-state index contributed by atoms with van der Waals surface area (Å²) in [5.41, 5.74) is 0.916. The maximum atomic E-state index is 11.1. The molecule has 1 heterocycles. The van der Waals surface area contributed by atoms with Gasteiger partial charge >= 0.3 is 5.97 Å². The minimum absolute atomic E-state index is 0.0221. The molecule has 0 unspecified atom stereocenters. The van der Waals surface area contributed by atoms with Crippen molar-refractivity contribution in [3.8, 4) is 5.75 Å². The third-order valence-electron chi connectivity index (χ3n) is 4.26. The van der Waals surface area contributed by atoms with E-state index in [0.717, 1.165) is 38.2 Å². The van der Waals surface area contributed by atoms with Crippen LogP contribution in [0.4, 0.5) is 0 Å². The number of benzene rings is 1. The molecule has 0 bridgehead atoms. The van der Waals surface area contributed by atoms with E-state index in [2.05, 4.69) is 4.90 Å².